The third-order valence-corrected chi connectivity index (χ3v) is 6.91. The largest absolute Gasteiger partial charge is 0.489 e. The van der Waals surface area contributed by atoms with Crippen LogP contribution < -0.4 is 10.2 Å². The third kappa shape index (κ3) is 5.74. The second-order valence-electron chi connectivity index (χ2n) is 7.03. The highest BCUT2D eigenvalue weighted by atomic mass is 35.5. The minimum absolute atomic E-state index is 0.210. The van der Waals surface area contributed by atoms with Gasteiger partial charge in [-0.1, -0.05) is 76.9 Å². The summed E-state index contributed by atoms with van der Waals surface area (Å²) in [6.45, 7) is 0.260. The van der Waals surface area contributed by atoms with E-state index in [2.05, 4.69) is 5.43 Å². The van der Waals surface area contributed by atoms with Crippen molar-refractivity contribution >= 4 is 81.0 Å². The molecule has 0 unspecified atom stereocenters. The summed E-state index contributed by atoms with van der Waals surface area (Å²) in [4.78, 5) is 25.8. The maximum atomic E-state index is 12.9. The fourth-order valence-corrected chi connectivity index (χ4v) is 4.88. The minimum Gasteiger partial charge on any atom is -0.489 e. The first-order chi connectivity index (χ1) is 16.3. The molecule has 0 bridgehead atoms. The molecule has 1 heterocycles. The first kappa shape index (κ1) is 24.6. The molecule has 0 saturated carbocycles. The lowest BCUT2D eigenvalue weighted by Crippen LogP contribution is -2.44. The number of thiocarbonyl (C=S) groups is 1. The number of nitrogens with zero attached hydrogens (tertiary/aromatic N) is 1. The number of nitrogens with one attached hydrogen (secondary N) is 1. The molecule has 0 spiro atoms. The number of carbonyl (C=O) groups is 2. The summed E-state index contributed by atoms with van der Waals surface area (Å²) in [5.74, 6) is -0.364. The molecule has 172 valence electrons. The lowest BCUT2D eigenvalue weighted by Gasteiger charge is -2.16. The van der Waals surface area contributed by atoms with Crippen molar-refractivity contribution in [2.75, 3.05) is 0 Å². The molecule has 3 aromatic rings. The van der Waals surface area contributed by atoms with Gasteiger partial charge in [-0.25, -0.2) is 0 Å². The predicted molar refractivity (Wildman–Crippen MR) is 141 cm³/mol. The van der Waals surface area contributed by atoms with E-state index in [1.165, 1.54) is 0 Å². The second-order valence-corrected chi connectivity index (χ2v) is 9.96. The Morgan fingerprint density at radius 1 is 1.03 bits per heavy atom. The van der Waals surface area contributed by atoms with Gasteiger partial charge in [-0.3, -0.25) is 15.0 Å². The van der Waals surface area contributed by atoms with Gasteiger partial charge in [0.1, 0.15) is 12.4 Å². The Labute approximate surface area is 220 Å². The van der Waals surface area contributed by atoms with Gasteiger partial charge in [0, 0.05) is 15.6 Å². The summed E-state index contributed by atoms with van der Waals surface area (Å²) in [6, 6.07) is 19.0. The summed E-state index contributed by atoms with van der Waals surface area (Å²) in [6.07, 6.45) is 1.68. The van der Waals surface area contributed by atoms with Gasteiger partial charge in [0.05, 0.1) is 15.5 Å². The number of amides is 2. The Morgan fingerprint density at radius 2 is 1.82 bits per heavy atom. The fourth-order valence-electron chi connectivity index (χ4n) is 3.02. The highest BCUT2D eigenvalue weighted by molar-refractivity contribution is 8.26. The summed E-state index contributed by atoms with van der Waals surface area (Å²) >= 11 is 24.6. The van der Waals surface area contributed by atoms with Gasteiger partial charge < -0.3 is 4.74 Å². The smallest absolute Gasteiger partial charge is 0.285 e. The fraction of sp³-hybridized carbons (Fsp3) is 0.0417. The van der Waals surface area contributed by atoms with Crippen LogP contribution in [0.15, 0.2) is 71.6 Å². The second kappa shape index (κ2) is 10.8. The molecule has 0 radical (unpaired) electrons. The normalized spacial score (nSPS) is 14.6. The molecule has 34 heavy (non-hydrogen) atoms. The Bertz CT molecular complexity index is 1330. The highest BCUT2D eigenvalue weighted by Gasteiger charge is 2.34. The van der Waals surface area contributed by atoms with E-state index in [-0.39, 0.29) is 21.5 Å². The standard InChI is InChI=1S/C24H15Cl3N2O3S2/c25-16-9-8-15(20(27)12-16)13-32-17-5-3-4-14(10-17)11-21-23(31)29(24(33)34-21)28-22(30)18-6-1-2-7-19(18)26/h1-12H,13H2,(H,28,30)/b21-11+. The zero-order valence-corrected chi connectivity index (χ0v) is 21.2. The van der Waals surface area contributed by atoms with Crippen molar-refractivity contribution in [3.05, 3.63) is 103 Å². The van der Waals surface area contributed by atoms with Crippen LogP contribution in [0.2, 0.25) is 15.1 Å². The summed E-state index contributed by atoms with van der Waals surface area (Å²) in [5.41, 5.74) is 4.30. The molecule has 10 heteroatoms. The van der Waals surface area contributed by atoms with Crippen LogP contribution in [0.5, 0.6) is 5.75 Å². The van der Waals surface area contributed by atoms with Crippen molar-refractivity contribution < 1.29 is 14.3 Å². The minimum atomic E-state index is -0.528. The van der Waals surface area contributed by atoms with E-state index in [0.717, 1.165) is 27.9 Å². The lowest BCUT2D eigenvalue weighted by molar-refractivity contribution is -0.123. The molecular formula is C24H15Cl3N2O3S2. The van der Waals surface area contributed by atoms with E-state index in [1.54, 1.807) is 60.7 Å². The average molecular weight is 550 g/mol. The number of halogens is 3. The molecule has 0 aliphatic carbocycles. The zero-order chi connectivity index (χ0) is 24.2. The van der Waals surface area contributed by atoms with Crippen LogP contribution in [0.25, 0.3) is 6.08 Å². The van der Waals surface area contributed by atoms with E-state index >= 15 is 0 Å². The van der Waals surface area contributed by atoms with Crippen LogP contribution in [-0.2, 0) is 11.4 Å². The van der Waals surface area contributed by atoms with E-state index in [0.29, 0.717) is 20.7 Å². The van der Waals surface area contributed by atoms with Gasteiger partial charge in [0.2, 0.25) is 0 Å². The Morgan fingerprint density at radius 3 is 2.59 bits per heavy atom. The molecule has 0 atom stereocenters. The quantitative estimate of drug-likeness (QED) is 0.272. The molecule has 3 aromatic carbocycles. The van der Waals surface area contributed by atoms with E-state index < -0.39 is 11.8 Å². The topological polar surface area (TPSA) is 58.6 Å². The number of rotatable bonds is 6. The Kier molecular flexibility index (Phi) is 7.80. The number of hydrogen-bond donors (Lipinski definition) is 1. The maximum absolute atomic E-state index is 12.9. The molecular weight excluding hydrogens is 535 g/mol. The van der Waals surface area contributed by atoms with Crippen molar-refractivity contribution in [1.82, 2.24) is 10.4 Å². The molecule has 4 rings (SSSR count). The predicted octanol–water partition coefficient (Wildman–Crippen LogP) is 6.77. The van der Waals surface area contributed by atoms with Gasteiger partial charge in [-0.2, -0.15) is 5.01 Å². The molecule has 5 nitrogen and oxygen atoms in total. The van der Waals surface area contributed by atoms with Crippen molar-refractivity contribution in [1.29, 1.82) is 0 Å². The SMILES string of the molecule is O=C(NN1C(=O)/C(=C\c2cccc(OCc3ccc(Cl)cc3Cl)c2)SC1=S)c1ccccc1Cl. The monoisotopic (exact) mass is 548 g/mol. The average Bonchev–Trinajstić information content (AvgIpc) is 3.06. The lowest BCUT2D eigenvalue weighted by atomic mass is 10.2. The van der Waals surface area contributed by atoms with Gasteiger partial charge in [0.15, 0.2) is 4.32 Å². The molecule has 1 aliphatic rings. The van der Waals surface area contributed by atoms with Gasteiger partial charge in [-0.15, -0.1) is 0 Å². The number of hydrazine groups is 1. The van der Waals surface area contributed by atoms with E-state index in [9.17, 15) is 9.59 Å². The summed E-state index contributed by atoms with van der Waals surface area (Å²) in [7, 11) is 0. The van der Waals surface area contributed by atoms with Gasteiger partial charge in [0.25, 0.3) is 11.8 Å². The number of hydrogen-bond acceptors (Lipinski definition) is 5. The van der Waals surface area contributed by atoms with Crippen molar-refractivity contribution in [3.8, 4) is 5.75 Å². The van der Waals surface area contributed by atoms with E-state index in [1.807, 2.05) is 12.1 Å². The first-order valence-electron chi connectivity index (χ1n) is 9.82. The third-order valence-electron chi connectivity index (χ3n) is 4.69. The van der Waals surface area contributed by atoms with Crippen molar-refractivity contribution in [2.45, 2.75) is 6.61 Å². The molecule has 0 aromatic heterocycles. The Hall–Kier alpha value is -2.55. The van der Waals surface area contributed by atoms with Crippen LogP contribution in [0.4, 0.5) is 0 Å². The summed E-state index contributed by atoms with van der Waals surface area (Å²) in [5, 5.41) is 2.39. The molecule has 2 amide bonds. The maximum Gasteiger partial charge on any atom is 0.285 e. The van der Waals surface area contributed by atoms with Crippen LogP contribution in [0.3, 0.4) is 0 Å². The molecule has 1 fully saturated rings. The van der Waals surface area contributed by atoms with Gasteiger partial charge in [-0.05, 0) is 60.3 Å². The zero-order valence-electron chi connectivity index (χ0n) is 17.3. The van der Waals surface area contributed by atoms with Crippen LogP contribution in [0.1, 0.15) is 21.5 Å². The molecule has 1 aliphatic heterocycles. The van der Waals surface area contributed by atoms with Crippen LogP contribution >= 0.6 is 58.8 Å². The summed E-state index contributed by atoms with van der Waals surface area (Å²) < 4.78 is 6.06. The first-order valence-corrected chi connectivity index (χ1v) is 12.2. The van der Waals surface area contributed by atoms with Crippen LogP contribution in [0, 0.1) is 0 Å². The number of thioether (sulfide) groups is 1. The van der Waals surface area contributed by atoms with Crippen molar-refractivity contribution in [2.24, 2.45) is 0 Å². The van der Waals surface area contributed by atoms with Crippen molar-refractivity contribution in [3.63, 3.8) is 0 Å². The van der Waals surface area contributed by atoms with Crippen LogP contribution in [-0.4, -0.2) is 21.1 Å². The number of benzene rings is 3. The molecule has 1 N–H and O–H groups in total. The highest BCUT2D eigenvalue weighted by Crippen LogP contribution is 2.32. The van der Waals surface area contributed by atoms with E-state index in [4.69, 9.17) is 51.8 Å². The number of carbonyl (C=O) groups excluding carboxylic acids is 2. The Balaban J connectivity index is 1.45. The van der Waals surface area contributed by atoms with Gasteiger partial charge >= 0.3 is 0 Å². The molecule has 1 saturated heterocycles. The number of ether oxygens (including phenoxy) is 1.